The maximum Gasteiger partial charge on any atom is 0.224 e. The molecule has 0 saturated heterocycles. The van der Waals surface area contributed by atoms with E-state index in [1.807, 2.05) is 18.2 Å². The molecule has 0 bridgehead atoms. The van der Waals surface area contributed by atoms with Crippen LogP contribution in [0.2, 0.25) is 10.3 Å². The van der Waals surface area contributed by atoms with Gasteiger partial charge in [-0.05, 0) is 41.3 Å². The van der Waals surface area contributed by atoms with Crippen molar-refractivity contribution in [2.75, 3.05) is 11.4 Å². The van der Waals surface area contributed by atoms with Crippen LogP contribution in [0.1, 0.15) is 11.1 Å². The molecule has 2 heterocycles. The van der Waals surface area contributed by atoms with E-state index in [-0.39, 0.29) is 5.28 Å². The average molecular weight is 280 g/mol. The summed E-state index contributed by atoms with van der Waals surface area (Å²) < 4.78 is 0. The minimum absolute atomic E-state index is 0.275. The molecule has 0 saturated carbocycles. The number of benzene rings is 1. The Hall–Kier alpha value is -1.32. The third kappa shape index (κ3) is 2.16. The molecule has 1 aliphatic heterocycles. The van der Waals surface area contributed by atoms with Crippen LogP contribution in [0.15, 0.2) is 30.5 Å². The lowest BCUT2D eigenvalue weighted by Gasteiger charge is -2.30. The van der Waals surface area contributed by atoms with Gasteiger partial charge in [-0.1, -0.05) is 23.7 Å². The number of hydrogen-bond acceptors (Lipinski definition) is 3. The van der Waals surface area contributed by atoms with Gasteiger partial charge in [-0.2, -0.15) is 0 Å². The van der Waals surface area contributed by atoms with Crippen molar-refractivity contribution < 1.29 is 0 Å². The van der Waals surface area contributed by atoms with Gasteiger partial charge >= 0.3 is 0 Å². The van der Waals surface area contributed by atoms with E-state index in [2.05, 4.69) is 20.9 Å². The summed E-state index contributed by atoms with van der Waals surface area (Å²) in [7, 11) is 0. The molecule has 2 aromatic rings. The fraction of sp³-hybridized carbons (Fsp3) is 0.231. The van der Waals surface area contributed by atoms with E-state index in [0.717, 1.165) is 30.4 Å². The first kappa shape index (κ1) is 11.8. The lowest BCUT2D eigenvalue weighted by atomic mass is 10.00. The molecule has 0 atom stereocenters. The minimum Gasteiger partial charge on any atom is -0.352 e. The number of hydrogen-bond donors (Lipinski definition) is 0. The Labute approximate surface area is 115 Å². The van der Waals surface area contributed by atoms with Gasteiger partial charge in [0.2, 0.25) is 5.28 Å². The summed E-state index contributed by atoms with van der Waals surface area (Å²) >= 11 is 12.1. The standard InChI is InChI=1S/C13H11Cl2N3/c14-11-3-1-2-9-5-7-18(8-10(9)11)12-4-6-16-13(15)17-12/h1-4,6H,5,7-8H2. The van der Waals surface area contributed by atoms with Crippen molar-refractivity contribution in [3.63, 3.8) is 0 Å². The molecular formula is C13H11Cl2N3. The molecule has 0 amide bonds. The van der Waals surface area contributed by atoms with E-state index in [1.54, 1.807) is 6.20 Å². The number of nitrogens with zero attached hydrogens (tertiary/aromatic N) is 3. The van der Waals surface area contributed by atoms with Crippen LogP contribution in [-0.4, -0.2) is 16.5 Å². The highest BCUT2D eigenvalue weighted by Gasteiger charge is 2.19. The Morgan fingerprint density at radius 1 is 1.17 bits per heavy atom. The van der Waals surface area contributed by atoms with E-state index in [4.69, 9.17) is 23.2 Å². The van der Waals surface area contributed by atoms with Gasteiger partial charge < -0.3 is 4.90 Å². The second-order valence-electron chi connectivity index (χ2n) is 4.23. The van der Waals surface area contributed by atoms with E-state index < -0.39 is 0 Å². The smallest absolute Gasteiger partial charge is 0.224 e. The number of halogens is 2. The van der Waals surface area contributed by atoms with Crippen molar-refractivity contribution >= 4 is 29.0 Å². The Bertz CT molecular complexity index is 586. The highest BCUT2D eigenvalue weighted by atomic mass is 35.5. The average Bonchev–Trinajstić information content (AvgIpc) is 2.39. The molecule has 92 valence electrons. The van der Waals surface area contributed by atoms with E-state index >= 15 is 0 Å². The van der Waals surface area contributed by atoms with Crippen molar-refractivity contribution in [3.8, 4) is 0 Å². The van der Waals surface area contributed by atoms with Crippen LogP contribution < -0.4 is 4.90 Å². The van der Waals surface area contributed by atoms with Crippen LogP contribution in [0, 0.1) is 0 Å². The normalized spacial score (nSPS) is 14.4. The predicted octanol–water partition coefficient (Wildman–Crippen LogP) is 3.35. The van der Waals surface area contributed by atoms with E-state index in [0.29, 0.717) is 0 Å². The summed E-state index contributed by atoms with van der Waals surface area (Å²) in [5.41, 5.74) is 2.50. The lowest BCUT2D eigenvalue weighted by molar-refractivity contribution is 0.719. The minimum atomic E-state index is 0.275. The van der Waals surface area contributed by atoms with Gasteiger partial charge in [0.05, 0.1) is 0 Å². The summed E-state index contributed by atoms with van der Waals surface area (Å²) in [5, 5.41) is 1.09. The number of fused-ring (bicyclic) bond motifs is 1. The van der Waals surface area contributed by atoms with Crippen LogP contribution in [0.4, 0.5) is 5.82 Å². The second kappa shape index (κ2) is 4.75. The SMILES string of the molecule is Clc1nccc(N2CCc3cccc(Cl)c3C2)n1. The Balaban J connectivity index is 1.93. The zero-order valence-corrected chi connectivity index (χ0v) is 11.1. The van der Waals surface area contributed by atoms with Crippen molar-refractivity contribution in [3.05, 3.63) is 51.9 Å². The molecule has 0 N–H and O–H groups in total. The number of anilines is 1. The topological polar surface area (TPSA) is 29.0 Å². The van der Waals surface area contributed by atoms with Crippen molar-refractivity contribution in [2.45, 2.75) is 13.0 Å². The largest absolute Gasteiger partial charge is 0.352 e. The van der Waals surface area contributed by atoms with Gasteiger partial charge in [-0.15, -0.1) is 0 Å². The summed E-state index contributed by atoms with van der Waals surface area (Å²) in [6, 6.07) is 7.93. The molecule has 0 unspecified atom stereocenters. The zero-order valence-electron chi connectivity index (χ0n) is 9.61. The molecule has 5 heteroatoms. The van der Waals surface area contributed by atoms with E-state index in [9.17, 15) is 0 Å². The molecule has 0 aliphatic carbocycles. The number of rotatable bonds is 1. The molecule has 1 aromatic carbocycles. The summed E-state index contributed by atoms with van der Waals surface area (Å²) in [6.45, 7) is 1.68. The summed E-state index contributed by atoms with van der Waals surface area (Å²) in [5.74, 6) is 0.848. The van der Waals surface area contributed by atoms with Crippen LogP contribution in [0.25, 0.3) is 0 Å². The molecule has 1 aliphatic rings. The summed E-state index contributed by atoms with van der Waals surface area (Å²) in [4.78, 5) is 10.3. The van der Waals surface area contributed by atoms with Crippen LogP contribution >= 0.6 is 23.2 Å². The van der Waals surface area contributed by atoms with Crippen LogP contribution in [-0.2, 0) is 13.0 Å². The van der Waals surface area contributed by atoms with Crippen LogP contribution in [0.3, 0.4) is 0 Å². The van der Waals surface area contributed by atoms with E-state index in [1.165, 1.54) is 11.1 Å². The Kier molecular flexibility index (Phi) is 3.10. The highest BCUT2D eigenvalue weighted by Crippen LogP contribution is 2.28. The monoisotopic (exact) mass is 279 g/mol. The third-order valence-corrected chi connectivity index (χ3v) is 3.69. The molecule has 3 nitrogen and oxygen atoms in total. The second-order valence-corrected chi connectivity index (χ2v) is 4.98. The fourth-order valence-electron chi connectivity index (χ4n) is 2.24. The molecule has 0 radical (unpaired) electrons. The Morgan fingerprint density at radius 3 is 2.89 bits per heavy atom. The van der Waals surface area contributed by atoms with Crippen molar-refractivity contribution in [1.29, 1.82) is 0 Å². The fourth-order valence-corrected chi connectivity index (χ4v) is 2.63. The van der Waals surface area contributed by atoms with Crippen molar-refractivity contribution in [1.82, 2.24) is 9.97 Å². The van der Waals surface area contributed by atoms with Gasteiger partial charge in [0, 0.05) is 24.3 Å². The van der Waals surface area contributed by atoms with Crippen LogP contribution in [0.5, 0.6) is 0 Å². The zero-order chi connectivity index (χ0) is 12.5. The van der Waals surface area contributed by atoms with Gasteiger partial charge in [-0.3, -0.25) is 0 Å². The maximum atomic E-state index is 6.24. The third-order valence-electron chi connectivity index (χ3n) is 3.15. The molecule has 0 spiro atoms. The molecular weight excluding hydrogens is 269 g/mol. The first-order valence-electron chi connectivity index (χ1n) is 5.74. The molecule has 0 fully saturated rings. The van der Waals surface area contributed by atoms with Gasteiger partial charge in [-0.25, -0.2) is 9.97 Å². The van der Waals surface area contributed by atoms with Crippen molar-refractivity contribution in [2.24, 2.45) is 0 Å². The molecule has 3 rings (SSSR count). The highest BCUT2D eigenvalue weighted by molar-refractivity contribution is 6.31. The first-order valence-corrected chi connectivity index (χ1v) is 6.49. The molecule has 18 heavy (non-hydrogen) atoms. The quantitative estimate of drug-likeness (QED) is 0.750. The van der Waals surface area contributed by atoms with Gasteiger partial charge in [0.1, 0.15) is 5.82 Å². The number of aromatic nitrogens is 2. The van der Waals surface area contributed by atoms with Gasteiger partial charge in [0.15, 0.2) is 0 Å². The maximum absolute atomic E-state index is 6.24. The predicted molar refractivity (Wildman–Crippen MR) is 73.2 cm³/mol. The lowest BCUT2D eigenvalue weighted by Crippen LogP contribution is -2.31. The summed E-state index contributed by atoms with van der Waals surface area (Å²) in [6.07, 6.45) is 2.64. The van der Waals surface area contributed by atoms with Gasteiger partial charge in [0.25, 0.3) is 0 Å². The Morgan fingerprint density at radius 2 is 2.06 bits per heavy atom. The molecule has 1 aromatic heterocycles. The first-order chi connectivity index (χ1) is 8.74.